The average molecular weight is 536 g/mol. The predicted molar refractivity (Wildman–Crippen MR) is 147 cm³/mol. The van der Waals surface area contributed by atoms with Crippen molar-refractivity contribution >= 4 is 96.5 Å². The van der Waals surface area contributed by atoms with Gasteiger partial charge in [-0.15, -0.1) is 0 Å². The summed E-state index contributed by atoms with van der Waals surface area (Å²) in [6.45, 7) is 0. The molecule has 0 spiro atoms. The Morgan fingerprint density at radius 1 is 0.344 bits per heavy atom. The zero-order valence-electron chi connectivity index (χ0n) is 17.0. The second-order valence-electron chi connectivity index (χ2n) is 8.58. The summed E-state index contributed by atoms with van der Waals surface area (Å²) >= 11 is 7.38. The maximum atomic E-state index is 3.74. The van der Waals surface area contributed by atoms with Gasteiger partial charge in [0.1, 0.15) is 0 Å². The first-order valence-corrected chi connectivity index (χ1v) is 12.2. The quantitative estimate of drug-likeness (QED) is 0.169. The van der Waals surface area contributed by atoms with Crippen LogP contribution in [0.5, 0.6) is 0 Å². The van der Waals surface area contributed by atoms with Crippen LogP contribution in [0.1, 0.15) is 0 Å². The summed E-state index contributed by atoms with van der Waals surface area (Å²) in [5.41, 5.74) is 0. The highest BCUT2D eigenvalue weighted by atomic mass is 79.9. The Hall–Kier alpha value is -2.94. The third-order valence-electron chi connectivity index (χ3n) is 6.59. The standard InChI is InChI=1S/C30H16Br2/c31-29-6-5-19-9-22-12-25-13-23-10-20-7-17-3-1-2-4-18(17)8-21(20)11-24(23)14-26(25)15-27(22)16-28(19)30(29)32/h1-16H. The van der Waals surface area contributed by atoms with Crippen molar-refractivity contribution in [3.05, 3.63) is 106 Å². The van der Waals surface area contributed by atoms with Crippen molar-refractivity contribution in [3.63, 3.8) is 0 Å². The third-order valence-corrected chi connectivity index (χ3v) is 8.64. The van der Waals surface area contributed by atoms with E-state index in [-0.39, 0.29) is 0 Å². The molecule has 0 aliphatic heterocycles. The van der Waals surface area contributed by atoms with Gasteiger partial charge in [0.05, 0.1) is 0 Å². The van der Waals surface area contributed by atoms with Gasteiger partial charge in [-0.3, -0.25) is 0 Å². The Morgan fingerprint density at radius 3 is 1.19 bits per heavy atom. The Labute approximate surface area is 201 Å². The minimum atomic E-state index is 1.08. The van der Waals surface area contributed by atoms with Gasteiger partial charge >= 0.3 is 0 Å². The molecule has 7 aromatic rings. The van der Waals surface area contributed by atoms with Gasteiger partial charge in [-0.2, -0.15) is 0 Å². The number of rotatable bonds is 0. The summed E-state index contributed by atoms with van der Waals surface area (Å²) in [5, 5.41) is 15.3. The molecule has 0 saturated carbocycles. The van der Waals surface area contributed by atoms with E-state index in [1.165, 1.54) is 64.6 Å². The molecule has 0 atom stereocenters. The first-order chi connectivity index (χ1) is 15.6. The highest BCUT2D eigenvalue weighted by molar-refractivity contribution is 9.13. The molecule has 0 amide bonds. The van der Waals surface area contributed by atoms with E-state index in [9.17, 15) is 0 Å². The molecular weight excluding hydrogens is 520 g/mol. The highest BCUT2D eigenvalue weighted by Crippen LogP contribution is 2.36. The molecule has 32 heavy (non-hydrogen) atoms. The molecule has 0 fully saturated rings. The zero-order chi connectivity index (χ0) is 21.4. The molecule has 0 aliphatic carbocycles. The van der Waals surface area contributed by atoms with Crippen LogP contribution in [0.2, 0.25) is 0 Å². The summed E-state index contributed by atoms with van der Waals surface area (Å²) in [5.74, 6) is 0. The molecule has 7 rings (SSSR count). The van der Waals surface area contributed by atoms with E-state index in [1.807, 2.05) is 0 Å². The van der Waals surface area contributed by atoms with Crippen molar-refractivity contribution in [3.8, 4) is 0 Å². The fraction of sp³-hybridized carbons (Fsp3) is 0. The van der Waals surface area contributed by atoms with Crippen LogP contribution in [0.15, 0.2) is 106 Å². The second kappa shape index (κ2) is 6.78. The third kappa shape index (κ3) is 2.80. The molecule has 2 heteroatoms. The van der Waals surface area contributed by atoms with E-state index in [0.717, 1.165) is 8.95 Å². The maximum absolute atomic E-state index is 3.74. The van der Waals surface area contributed by atoms with Crippen molar-refractivity contribution in [2.75, 3.05) is 0 Å². The van der Waals surface area contributed by atoms with Crippen LogP contribution in [-0.4, -0.2) is 0 Å². The SMILES string of the molecule is Brc1ccc2cc3cc4cc5cc6cc7ccccc7cc6cc5cc4cc3cc2c1Br. The molecule has 0 nitrogen and oxygen atoms in total. The van der Waals surface area contributed by atoms with Crippen LogP contribution in [0.4, 0.5) is 0 Å². The van der Waals surface area contributed by atoms with Crippen molar-refractivity contribution in [1.82, 2.24) is 0 Å². The van der Waals surface area contributed by atoms with Crippen molar-refractivity contribution in [1.29, 1.82) is 0 Å². The van der Waals surface area contributed by atoms with Gasteiger partial charge in [0.15, 0.2) is 0 Å². The molecule has 0 bridgehead atoms. The van der Waals surface area contributed by atoms with Gasteiger partial charge in [-0.25, -0.2) is 0 Å². The van der Waals surface area contributed by atoms with E-state index in [1.54, 1.807) is 0 Å². The van der Waals surface area contributed by atoms with Crippen LogP contribution in [-0.2, 0) is 0 Å². The summed E-state index contributed by atoms with van der Waals surface area (Å²) in [6.07, 6.45) is 0. The fourth-order valence-corrected chi connectivity index (χ4v) is 5.78. The van der Waals surface area contributed by atoms with E-state index >= 15 is 0 Å². The Bertz CT molecular complexity index is 1900. The van der Waals surface area contributed by atoms with Gasteiger partial charge in [0.2, 0.25) is 0 Å². The minimum absolute atomic E-state index is 1.08. The number of halogens is 2. The van der Waals surface area contributed by atoms with Crippen molar-refractivity contribution in [2.24, 2.45) is 0 Å². The fourth-order valence-electron chi connectivity index (χ4n) is 4.96. The molecular formula is C30H16Br2. The Morgan fingerprint density at radius 2 is 0.719 bits per heavy atom. The topological polar surface area (TPSA) is 0 Å². The van der Waals surface area contributed by atoms with Crippen LogP contribution < -0.4 is 0 Å². The summed E-state index contributed by atoms with van der Waals surface area (Å²) in [4.78, 5) is 0. The molecule has 0 saturated heterocycles. The number of benzene rings is 7. The van der Waals surface area contributed by atoms with Crippen LogP contribution in [0, 0.1) is 0 Å². The van der Waals surface area contributed by atoms with Gasteiger partial charge in [-0.05, 0) is 163 Å². The lowest BCUT2D eigenvalue weighted by Gasteiger charge is -2.10. The molecule has 0 heterocycles. The first kappa shape index (κ1) is 18.6. The molecule has 0 radical (unpaired) electrons. The van der Waals surface area contributed by atoms with E-state index < -0.39 is 0 Å². The number of hydrogen-bond donors (Lipinski definition) is 0. The van der Waals surface area contributed by atoms with Gasteiger partial charge < -0.3 is 0 Å². The molecule has 0 aromatic heterocycles. The average Bonchev–Trinajstić information content (AvgIpc) is 2.80. The smallest absolute Gasteiger partial charge is 0.0396 e. The van der Waals surface area contributed by atoms with Crippen LogP contribution in [0.25, 0.3) is 64.6 Å². The molecule has 0 unspecified atom stereocenters. The molecule has 7 aromatic carbocycles. The lowest BCUT2D eigenvalue weighted by molar-refractivity contribution is 1.67. The summed E-state index contributed by atoms with van der Waals surface area (Å²) in [7, 11) is 0. The molecule has 0 aliphatic rings. The van der Waals surface area contributed by atoms with Crippen LogP contribution in [0.3, 0.4) is 0 Å². The number of fused-ring (bicyclic) bond motifs is 6. The first-order valence-electron chi connectivity index (χ1n) is 10.6. The Kier molecular flexibility index (Phi) is 3.94. The minimum Gasteiger partial charge on any atom is -0.0616 e. The van der Waals surface area contributed by atoms with E-state index in [4.69, 9.17) is 0 Å². The monoisotopic (exact) mass is 534 g/mol. The normalized spacial score (nSPS) is 12.1. The maximum Gasteiger partial charge on any atom is 0.0396 e. The number of hydrogen-bond acceptors (Lipinski definition) is 0. The molecule has 0 N–H and O–H groups in total. The summed E-state index contributed by atoms with van der Waals surface area (Å²) in [6, 6.07) is 36.0. The van der Waals surface area contributed by atoms with Gasteiger partial charge in [-0.1, -0.05) is 30.3 Å². The van der Waals surface area contributed by atoms with Crippen molar-refractivity contribution < 1.29 is 0 Å². The zero-order valence-corrected chi connectivity index (χ0v) is 20.2. The predicted octanol–water partition coefficient (Wildman–Crippen LogP) is 10.1. The second-order valence-corrected chi connectivity index (χ2v) is 10.2. The lowest BCUT2D eigenvalue weighted by atomic mass is 9.95. The largest absolute Gasteiger partial charge is 0.0616 e. The van der Waals surface area contributed by atoms with E-state index in [0.29, 0.717) is 0 Å². The lowest BCUT2D eigenvalue weighted by Crippen LogP contribution is -1.83. The van der Waals surface area contributed by atoms with Crippen molar-refractivity contribution in [2.45, 2.75) is 0 Å². The van der Waals surface area contributed by atoms with Gasteiger partial charge in [0, 0.05) is 8.95 Å². The van der Waals surface area contributed by atoms with Crippen LogP contribution >= 0.6 is 31.9 Å². The Balaban J connectivity index is 1.53. The van der Waals surface area contributed by atoms with Gasteiger partial charge in [0.25, 0.3) is 0 Å². The highest BCUT2D eigenvalue weighted by Gasteiger charge is 2.08. The summed E-state index contributed by atoms with van der Waals surface area (Å²) < 4.78 is 2.18. The van der Waals surface area contributed by atoms with E-state index in [2.05, 4.69) is 129 Å². The molecule has 150 valence electrons.